The van der Waals surface area contributed by atoms with Crippen molar-refractivity contribution in [2.24, 2.45) is 0 Å². The first-order chi connectivity index (χ1) is 8.56. The van der Waals surface area contributed by atoms with Gasteiger partial charge in [-0.05, 0) is 42.3 Å². The topological polar surface area (TPSA) is 17.1 Å². The van der Waals surface area contributed by atoms with Crippen molar-refractivity contribution in [2.45, 2.75) is 13.3 Å². The molecular formula is C15H12ClFO. The third-order valence-electron chi connectivity index (χ3n) is 2.68. The molecule has 0 aliphatic heterocycles. The summed E-state index contributed by atoms with van der Waals surface area (Å²) < 4.78 is 13.0. The van der Waals surface area contributed by atoms with Gasteiger partial charge in [0.2, 0.25) is 0 Å². The minimum atomic E-state index is -0.338. The van der Waals surface area contributed by atoms with Gasteiger partial charge in [-0.1, -0.05) is 29.8 Å². The van der Waals surface area contributed by atoms with Crippen molar-refractivity contribution in [1.82, 2.24) is 0 Å². The van der Waals surface area contributed by atoms with E-state index in [9.17, 15) is 9.18 Å². The highest BCUT2D eigenvalue weighted by Gasteiger charge is 2.11. The number of benzene rings is 2. The molecule has 0 aliphatic carbocycles. The van der Waals surface area contributed by atoms with Gasteiger partial charge in [-0.15, -0.1) is 0 Å². The van der Waals surface area contributed by atoms with E-state index in [0.29, 0.717) is 16.1 Å². The van der Waals surface area contributed by atoms with Crippen molar-refractivity contribution in [3.63, 3.8) is 0 Å². The van der Waals surface area contributed by atoms with Gasteiger partial charge in [0, 0.05) is 12.0 Å². The largest absolute Gasteiger partial charge is 0.294 e. The summed E-state index contributed by atoms with van der Waals surface area (Å²) in [4.78, 5) is 12.1. The highest BCUT2D eigenvalue weighted by atomic mass is 35.5. The maximum absolute atomic E-state index is 13.0. The van der Waals surface area contributed by atoms with E-state index in [1.807, 2.05) is 13.0 Å². The molecule has 0 N–H and O–H groups in total. The number of halogens is 2. The maximum atomic E-state index is 13.0. The fraction of sp³-hybridized carbons (Fsp3) is 0.133. The molecule has 0 spiro atoms. The molecule has 0 saturated carbocycles. The van der Waals surface area contributed by atoms with Crippen LogP contribution >= 0.6 is 11.6 Å². The standard InChI is InChI=1S/C15H12ClFO/c1-10-5-6-13(14(16)7-10)15(18)9-11-3-2-4-12(17)8-11/h2-8H,9H2,1H3. The van der Waals surface area contributed by atoms with Crippen molar-refractivity contribution < 1.29 is 9.18 Å². The number of carbonyl (C=O) groups is 1. The summed E-state index contributed by atoms with van der Waals surface area (Å²) in [5, 5.41) is 0.441. The third kappa shape index (κ3) is 2.96. The highest BCUT2D eigenvalue weighted by Crippen LogP contribution is 2.19. The van der Waals surface area contributed by atoms with E-state index in [0.717, 1.165) is 5.56 Å². The lowest BCUT2D eigenvalue weighted by molar-refractivity contribution is 0.0993. The van der Waals surface area contributed by atoms with Crippen LogP contribution in [0.4, 0.5) is 4.39 Å². The summed E-state index contributed by atoms with van der Waals surface area (Å²) in [6.07, 6.45) is 0.153. The van der Waals surface area contributed by atoms with Crippen molar-refractivity contribution in [1.29, 1.82) is 0 Å². The van der Waals surface area contributed by atoms with Gasteiger partial charge in [0.05, 0.1) is 5.02 Å². The molecule has 0 aromatic heterocycles. The molecule has 92 valence electrons. The van der Waals surface area contributed by atoms with Crippen LogP contribution in [0.1, 0.15) is 21.5 Å². The van der Waals surface area contributed by atoms with Crippen molar-refractivity contribution in [3.8, 4) is 0 Å². The Morgan fingerprint density at radius 1 is 1.22 bits per heavy atom. The number of aryl methyl sites for hydroxylation is 1. The first-order valence-corrected chi connectivity index (χ1v) is 5.98. The van der Waals surface area contributed by atoms with Crippen LogP contribution in [-0.2, 0) is 6.42 Å². The molecule has 3 heteroatoms. The Balaban J connectivity index is 2.22. The molecule has 0 radical (unpaired) electrons. The number of carbonyl (C=O) groups excluding carboxylic acids is 1. The molecule has 0 aliphatic rings. The van der Waals surface area contributed by atoms with E-state index in [1.165, 1.54) is 12.1 Å². The molecule has 18 heavy (non-hydrogen) atoms. The summed E-state index contributed by atoms with van der Waals surface area (Å²) in [7, 11) is 0. The van der Waals surface area contributed by atoms with Gasteiger partial charge in [0.15, 0.2) is 5.78 Å². The first-order valence-electron chi connectivity index (χ1n) is 5.60. The summed E-state index contributed by atoms with van der Waals surface area (Å²) in [6, 6.07) is 11.3. The summed E-state index contributed by atoms with van der Waals surface area (Å²) in [5.41, 5.74) is 2.13. The van der Waals surface area contributed by atoms with Crippen molar-refractivity contribution in [2.75, 3.05) is 0 Å². The summed E-state index contributed by atoms with van der Waals surface area (Å²) in [5.74, 6) is -0.444. The molecular weight excluding hydrogens is 251 g/mol. The second-order valence-electron chi connectivity index (χ2n) is 4.21. The molecule has 0 unspecified atom stereocenters. The molecule has 0 bridgehead atoms. The Morgan fingerprint density at radius 3 is 2.67 bits per heavy atom. The van der Waals surface area contributed by atoms with Gasteiger partial charge in [-0.2, -0.15) is 0 Å². The zero-order chi connectivity index (χ0) is 13.1. The molecule has 1 nitrogen and oxygen atoms in total. The molecule has 2 aromatic rings. The minimum Gasteiger partial charge on any atom is -0.294 e. The molecule has 0 fully saturated rings. The lowest BCUT2D eigenvalue weighted by Crippen LogP contribution is -2.04. The molecule has 0 amide bonds. The van der Waals surface area contributed by atoms with E-state index in [2.05, 4.69) is 0 Å². The molecule has 0 heterocycles. The number of hydrogen-bond donors (Lipinski definition) is 0. The van der Waals surface area contributed by atoms with Gasteiger partial charge in [-0.3, -0.25) is 4.79 Å². The van der Waals surface area contributed by atoms with Crippen LogP contribution in [0.2, 0.25) is 5.02 Å². The van der Waals surface area contributed by atoms with Gasteiger partial charge < -0.3 is 0 Å². The Hall–Kier alpha value is -1.67. The second kappa shape index (κ2) is 5.32. The normalized spacial score (nSPS) is 10.4. The number of hydrogen-bond acceptors (Lipinski definition) is 1. The highest BCUT2D eigenvalue weighted by molar-refractivity contribution is 6.34. The Morgan fingerprint density at radius 2 is 2.00 bits per heavy atom. The first kappa shape index (κ1) is 12.8. The van der Waals surface area contributed by atoms with Gasteiger partial charge in [0.25, 0.3) is 0 Å². The summed E-state index contributed by atoms with van der Waals surface area (Å²) in [6.45, 7) is 1.91. The van der Waals surface area contributed by atoms with E-state index in [4.69, 9.17) is 11.6 Å². The fourth-order valence-corrected chi connectivity index (χ4v) is 2.11. The Labute approximate surface area is 110 Å². The quantitative estimate of drug-likeness (QED) is 0.757. The molecule has 2 aromatic carbocycles. The van der Waals surface area contributed by atoms with E-state index < -0.39 is 0 Å². The number of Topliss-reactive ketones (excluding diaryl/α,β-unsaturated/α-hetero) is 1. The lowest BCUT2D eigenvalue weighted by atomic mass is 10.0. The maximum Gasteiger partial charge on any atom is 0.168 e. The van der Waals surface area contributed by atoms with Gasteiger partial charge >= 0.3 is 0 Å². The van der Waals surface area contributed by atoms with Crippen LogP contribution in [0.15, 0.2) is 42.5 Å². The lowest BCUT2D eigenvalue weighted by Gasteiger charge is -2.05. The smallest absolute Gasteiger partial charge is 0.168 e. The average molecular weight is 263 g/mol. The minimum absolute atomic E-state index is 0.106. The number of ketones is 1. The predicted octanol–water partition coefficient (Wildman–Crippen LogP) is 4.21. The van der Waals surface area contributed by atoms with Crippen LogP contribution in [0, 0.1) is 12.7 Å². The Bertz CT molecular complexity index is 593. The SMILES string of the molecule is Cc1ccc(C(=O)Cc2cccc(F)c2)c(Cl)c1. The van der Waals surface area contributed by atoms with Crippen LogP contribution in [-0.4, -0.2) is 5.78 Å². The summed E-state index contributed by atoms with van der Waals surface area (Å²) >= 11 is 6.03. The van der Waals surface area contributed by atoms with Crippen molar-refractivity contribution >= 4 is 17.4 Å². The predicted molar refractivity (Wildman–Crippen MR) is 70.6 cm³/mol. The fourth-order valence-electron chi connectivity index (χ4n) is 1.77. The van der Waals surface area contributed by atoms with Gasteiger partial charge in [-0.25, -0.2) is 4.39 Å². The Kier molecular flexibility index (Phi) is 3.78. The van der Waals surface area contributed by atoms with Crippen LogP contribution in [0.3, 0.4) is 0 Å². The van der Waals surface area contributed by atoms with Crippen LogP contribution < -0.4 is 0 Å². The third-order valence-corrected chi connectivity index (χ3v) is 2.99. The van der Waals surface area contributed by atoms with Crippen LogP contribution in [0.5, 0.6) is 0 Å². The second-order valence-corrected chi connectivity index (χ2v) is 4.62. The van der Waals surface area contributed by atoms with Crippen molar-refractivity contribution in [3.05, 3.63) is 70.0 Å². The zero-order valence-corrected chi connectivity index (χ0v) is 10.7. The van der Waals surface area contributed by atoms with E-state index >= 15 is 0 Å². The zero-order valence-electron chi connectivity index (χ0n) is 9.91. The van der Waals surface area contributed by atoms with E-state index in [-0.39, 0.29) is 18.0 Å². The average Bonchev–Trinajstić information content (AvgIpc) is 2.28. The molecule has 0 saturated heterocycles. The van der Waals surface area contributed by atoms with E-state index in [1.54, 1.807) is 24.3 Å². The number of rotatable bonds is 3. The molecule has 0 atom stereocenters. The molecule has 2 rings (SSSR count). The van der Waals surface area contributed by atoms with Crippen LogP contribution in [0.25, 0.3) is 0 Å². The monoisotopic (exact) mass is 262 g/mol. The van der Waals surface area contributed by atoms with Gasteiger partial charge in [0.1, 0.15) is 5.82 Å².